The first-order valence-electron chi connectivity index (χ1n) is 6.16. The number of aryl methyl sites for hydroxylation is 1. The lowest BCUT2D eigenvalue weighted by Gasteiger charge is -2.09. The van der Waals surface area contributed by atoms with Crippen LogP contribution in [-0.4, -0.2) is 10.0 Å². The van der Waals surface area contributed by atoms with Crippen LogP contribution in [0.3, 0.4) is 0 Å². The summed E-state index contributed by atoms with van der Waals surface area (Å²) in [5, 5.41) is 19.6. The minimum absolute atomic E-state index is 0.0165. The van der Waals surface area contributed by atoms with Gasteiger partial charge in [0.1, 0.15) is 12.4 Å². The number of aliphatic hydroxyl groups excluding tert-OH is 1. The SMILES string of the molecule is Cc1cc([N+](=O)[O-])ccc1OCc1ccc(CO)cc1. The predicted molar refractivity (Wildman–Crippen MR) is 74.5 cm³/mol. The second-order valence-electron chi connectivity index (χ2n) is 4.47. The van der Waals surface area contributed by atoms with Crippen molar-refractivity contribution in [1.82, 2.24) is 0 Å². The number of rotatable bonds is 5. The van der Waals surface area contributed by atoms with Gasteiger partial charge in [0, 0.05) is 12.1 Å². The van der Waals surface area contributed by atoms with E-state index in [0.29, 0.717) is 12.4 Å². The minimum atomic E-state index is -0.426. The highest BCUT2D eigenvalue weighted by atomic mass is 16.6. The van der Waals surface area contributed by atoms with Gasteiger partial charge in [0.15, 0.2) is 0 Å². The number of nitro benzene ring substituents is 1. The largest absolute Gasteiger partial charge is 0.489 e. The summed E-state index contributed by atoms with van der Waals surface area (Å²) < 4.78 is 5.65. The molecule has 0 spiro atoms. The van der Waals surface area contributed by atoms with Crippen molar-refractivity contribution >= 4 is 5.69 Å². The smallest absolute Gasteiger partial charge is 0.269 e. The number of aliphatic hydroxyl groups is 1. The van der Waals surface area contributed by atoms with E-state index in [1.807, 2.05) is 24.3 Å². The predicted octanol–water partition coefficient (Wildman–Crippen LogP) is 2.97. The number of non-ortho nitro benzene ring substituents is 1. The molecular weight excluding hydrogens is 258 g/mol. The van der Waals surface area contributed by atoms with Gasteiger partial charge in [0.05, 0.1) is 11.5 Å². The van der Waals surface area contributed by atoms with Crippen LogP contribution in [0.1, 0.15) is 16.7 Å². The van der Waals surface area contributed by atoms with Crippen LogP contribution in [0.15, 0.2) is 42.5 Å². The van der Waals surface area contributed by atoms with Gasteiger partial charge in [0.25, 0.3) is 5.69 Å². The third kappa shape index (κ3) is 3.33. The van der Waals surface area contributed by atoms with Crippen LogP contribution >= 0.6 is 0 Å². The number of hydrogen-bond donors (Lipinski definition) is 1. The zero-order chi connectivity index (χ0) is 14.5. The first-order valence-corrected chi connectivity index (χ1v) is 6.16. The summed E-state index contributed by atoms with van der Waals surface area (Å²) >= 11 is 0. The standard InChI is InChI=1S/C15H15NO4/c1-11-8-14(16(18)19)6-7-15(11)20-10-13-4-2-12(9-17)3-5-13/h2-8,17H,9-10H2,1H3. The number of nitrogens with zero attached hydrogens (tertiary/aromatic N) is 1. The number of hydrogen-bond acceptors (Lipinski definition) is 4. The fourth-order valence-corrected chi connectivity index (χ4v) is 1.81. The third-order valence-corrected chi connectivity index (χ3v) is 2.97. The highest BCUT2D eigenvalue weighted by Gasteiger charge is 2.08. The van der Waals surface area contributed by atoms with Gasteiger partial charge < -0.3 is 9.84 Å². The van der Waals surface area contributed by atoms with Crippen LogP contribution in [0.5, 0.6) is 5.75 Å². The van der Waals surface area contributed by atoms with Gasteiger partial charge in [0.2, 0.25) is 0 Å². The maximum Gasteiger partial charge on any atom is 0.269 e. The Morgan fingerprint density at radius 1 is 1.15 bits per heavy atom. The molecule has 0 saturated heterocycles. The highest BCUT2D eigenvalue weighted by molar-refractivity contribution is 5.43. The van der Waals surface area contributed by atoms with Crippen LogP contribution in [-0.2, 0) is 13.2 Å². The van der Waals surface area contributed by atoms with Crippen molar-refractivity contribution < 1.29 is 14.8 Å². The van der Waals surface area contributed by atoms with Crippen LogP contribution < -0.4 is 4.74 Å². The summed E-state index contributed by atoms with van der Waals surface area (Å²) in [7, 11) is 0. The first kappa shape index (κ1) is 14.0. The van der Waals surface area contributed by atoms with E-state index in [1.54, 1.807) is 13.0 Å². The molecular formula is C15H15NO4. The fourth-order valence-electron chi connectivity index (χ4n) is 1.81. The molecule has 20 heavy (non-hydrogen) atoms. The van der Waals surface area contributed by atoms with Crippen LogP contribution in [0.4, 0.5) is 5.69 Å². The molecule has 0 aromatic heterocycles. The van der Waals surface area contributed by atoms with E-state index in [2.05, 4.69) is 0 Å². The maximum absolute atomic E-state index is 10.6. The molecule has 104 valence electrons. The van der Waals surface area contributed by atoms with Crippen molar-refractivity contribution in [3.8, 4) is 5.75 Å². The van der Waals surface area contributed by atoms with Gasteiger partial charge >= 0.3 is 0 Å². The second-order valence-corrected chi connectivity index (χ2v) is 4.47. The van der Waals surface area contributed by atoms with Crippen molar-refractivity contribution in [3.05, 3.63) is 69.3 Å². The Balaban J connectivity index is 2.04. The summed E-state index contributed by atoms with van der Waals surface area (Å²) in [6.45, 7) is 2.17. The molecule has 5 heteroatoms. The zero-order valence-corrected chi connectivity index (χ0v) is 11.1. The Morgan fingerprint density at radius 3 is 2.35 bits per heavy atom. The maximum atomic E-state index is 10.6. The molecule has 0 fully saturated rings. The van der Waals surface area contributed by atoms with Crippen LogP contribution in [0.25, 0.3) is 0 Å². The van der Waals surface area contributed by atoms with Gasteiger partial charge in [-0.1, -0.05) is 24.3 Å². The van der Waals surface area contributed by atoms with Crippen LogP contribution in [0, 0.1) is 17.0 Å². The zero-order valence-electron chi connectivity index (χ0n) is 11.1. The summed E-state index contributed by atoms with van der Waals surface area (Å²) in [5.74, 6) is 0.627. The third-order valence-electron chi connectivity index (χ3n) is 2.97. The quantitative estimate of drug-likeness (QED) is 0.671. The van der Waals surface area contributed by atoms with E-state index in [9.17, 15) is 10.1 Å². The average molecular weight is 273 g/mol. The fraction of sp³-hybridized carbons (Fsp3) is 0.200. The Labute approximate surface area is 116 Å². The average Bonchev–Trinajstić information content (AvgIpc) is 2.46. The number of benzene rings is 2. The van der Waals surface area contributed by atoms with Crippen LogP contribution in [0.2, 0.25) is 0 Å². The van der Waals surface area contributed by atoms with Crippen molar-refractivity contribution in [2.45, 2.75) is 20.1 Å². The van der Waals surface area contributed by atoms with E-state index in [0.717, 1.165) is 16.7 Å². The van der Waals surface area contributed by atoms with E-state index >= 15 is 0 Å². The lowest BCUT2D eigenvalue weighted by molar-refractivity contribution is -0.384. The van der Waals surface area contributed by atoms with Gasteiger partial charge in [-0.3, -0.25) is 10.1 Å². The highest BCUT2D eigenvalue weighted by Crippen LogP contribution is 2.24. The monoisotopic (exact) mass is 273 g/mol. The molecule has 0 heterocycles. The van der Waals surface area contributed by atoms with Gasteiger partial charge in [-0.25, -0.2) is 0 Å². The molecule has 0 aliphatic carbocycles. The van der Waals surface area contributed by atoms with Gasteiger partial charge in [-0.15, -0.1) is 0 Å². The molecule has 1 N–H and O–H groups in total. The molecule has 0 aliphatic rings. The van der Waals surface area contributed by atoms with Crippen molar-refractivity contribution in [2.24, 2.45) is 0 Å². The van der Waals surface area contributed by atoms with E-state index in [4.69, 9.17) is 9.84 Å². The van der Waals surface area contributed by atoms with Gasteiger partial charge in [-0.05, 0) is 29.7 Å². The Morgan fingerprint density at radius 2 is 1.80 bits per heavy atom. The molecule has 0 amide bonds. The Kier molecular flexibility index (Phi) is 4.32. The van der Waals surface area contributed by atoms with E-state index < -0.39 is 4.92 Å². The van der Waals surface area contributed by atoms with E-state index in [1.165, 1.54) is 12.1 Å². The molecule has 0 atom stereocenters. The molecule has 0 unspecified atom stereocenters. The minimum Gasteiger partial charge on any atom is -0.489 e. The van der Waals surface area contributed by atoms with E-state index in [-0.39, 0.29) is 12.3 Å². The second kappa shape index (κ2) is 6.16. The lowest BCUT2D eigenvalue weighted by atomic mass is 10.1. The number of nitro groups is 1. The molecule has 0 aliphatic heterocycles. The summed E-state index contributed by atoms with van der Waals surface area (Å²) in [5.41, 5.74) is 2.61. The molecule has 2 rings (SSSR count). The number of ether oxygens (including phenoxy) is 1. The first-order chi connectivity index (χ1) is 9.60. The lowest BCUT2D eigenvalue weighted by Crippen LogP contribution is -1.98. The summed E-state index contributed by atoms with van der Waals surface area (Å²) in [6.07, 6.45) is 0. The topological polar surface area (TPSA) is 72.6 Å². The molecule has 2 aromatic carbocycles. The normalized spacial score (nSPS) is 10.3. The van der Waals surface area contributed by atoms with Crippen molar-refractivity contribution in [3.63, 3.8) is 0 Å². The summed E-state index contributed by atoms with van der Waals surface area (Å²) in [6, 6.07) is 12.0. The Bertz CT molecular complexity index is 608. The Hall–Kier alpha value is -2.40. The molecule has 0 radical (unpaired) electrons. The molecule has 0 saturated carbocycles. The molecule has 0 bridgehead atoms. The van der Waals surface area contributed by atoms with Crippen molar-refractivity contribution in [1.29, 1.82) is 0 Å². The van der Waals surface area contributed by atoms with Crippen molar-refractivity contribution in [2.75, 3.05) is 0 Å². The molecule has 5 nitrogen and oxygen atoms in total. The van der Waals surface area contributed by atoms with Gasteiger partial charge in [-0.2, -0.15) is 0 Å². The summed E-state index contributed by atoms with van der Waals surface area (Å²) in [4.78, 5) is 10.2. The molecule has 2 aromatic rings.